The lowest BCUT2D eigenvalue weighted by Gasteiger charge is -2.30. The molecule has 3 N–H and O–H groups in total. The van der Waals surface area contributed by atoms with Crippen LogP contribution in [-0.4, -0.2) is 43.3 Å². The van der Waals surface area contributed by atoms with Crippen molar-refractivity contribution in [3.63, 3.8) is 0 Å². The molecule has 7 nitrogen and oxygen atoms in total. The molecule has 1 aromatic carbocycles. The van der Waals surface area contributed by atoms with Crippen molar-refractivity contribution in [2.24, 2.45) is 10.9 Å². The van der Waals surface area contributed by atoms with Crippen LogP contribution in [0.1, 0.15) is 18.4 Å². The lowest BCUT2D eigenvalue weighted by atomic mass is 10.1. The van der Waals surface area contributed by atoms with Gasteiger partial charge in [-0.25, -0.2) is 9.97 Å². The van der Waals surface area contributed by atoms with E-state index in [0.717, 1.165) is 34.1 Å². The Labute approximate surface area is 160 Å². The smallest absolute Gasteiger partial charge is 0.223 e. The Bertz CT molecular complexity index is 1120. The normalized spacial score (nSPS) is 18.9. The van der Waals surface area contributed by atoms with Gasteiger partial charge in [0.05, 0.1) is 11.7 Å². The van der Waals surface area contributed by atoms with Gasteiger partial charge in [0, 0.05) is 23.7 Å². The maximum atomic E-state index is 5.84. The molecule has 1 saturated carbocycles. The standard InChI is InChI=1S/C19H21N7S/c1-11-3-2-4-14-13(11)8-26(7-12-5-6-12)15(23-14)9-27-18-16-17(22-10-21-16)24-19(20)25-18/h2-4,8,10,12,15H,5-7,9H2,1H3,(H3,20,21,22,24,25). The minimum atomic E-state index is 0.0825. The van der Waals surface area contributed by atoms with E-state index >= 15 is 0 Å². The highest BCUT2D eigenvalue weighted by Crippen LogP contribution is 2.32. The number of hydrogen-bond acceptors (Lipinski definition) is 7. The Kier molecular flexibility index (Phi) is 4.00. The largest absolute Gasteiger partial charge is 0.368 e. The molecule has 0 spiro atoms. The second-order valence-electron chi connectivity index (χ2n) is 7.19. The molecule has 1 fully saturated rings. The maximum Gasteiger partial charge on any atom is 0.223 e. The molecule has 1 aliphatic carbocycles. The predicted octanol–water partition coefficient (Wildman–Crippen LogP) is 1.45. The molecule has 1 atom stereocenters. The predicted molar refractivity (Wildman–Crippen MR) is 106 cm³/mol. The van der Waals surface area contributed by atoms with Gasteiger partial charge in [-0.1, -0.05) is 23.9 Å². The van der Waals surface area contributed by atoms with Crippen LogP contribution >= 0.6 is 11.8 Å². The lowest BCUT2D eigenvalue weighted by molar-refractivity contribution is 0.312. The number of benzene rings is 1. The zero-order chi connectivity index (χ0) is 18.4. The molecule has 1 aliphatic heterocycles. The molecule has 0 amide bonds. The number of nitrogen functional groups attached to an aromatic ring is 1. The number of aromatic amines is 1. The van der Waals surface area contributed by atoms with Crippen molar-refractivity contribution < 1.29 is 0 Å². The van der Waals surface area contributed by atoms with E-state index in [1.54, 1.807) is 18.1 Å². The van der Waals surface area contributed by atoms with E-state index < -0.39 is 0 Å². The molecule has 8 heteroatoms. The quantitative estimate of drug-likeness (QED) is 0.514. The van der Waals surface area contributed by atoms with Crippen LogP contribution in [0.4, 0.5) is 5.95 Å². The number of H-pyrrole nitrogens is 1. The Morgan fingerprint density at radius 3 is 3.04 bits per heavy atom. The summed E-state index contributed by atoms with van der Waals surface area (Å²) in [6.45, 7) is 3.21. The number of rotatable bonds is 5. The van der Waals surface area contributed by atoms with E-state index in [1.165, 1.54) is 23.6 Å². The number of anilines is 1. The number of nitrogens with one attached hydrogen (secondary N) is 1. The summed E-state index contributed by atoms with van der Waals surface area (Å²) in [7, 11) is 0. The highest BCUT2D eigenvalue weighted by atomic mass is 32.2. The molecule has 0 saturated heterocycles. The van der Waals surface area contributed by atoms with E-state index in [1.807, 2.05) is 0 Å². The molecular formula is C19H21N7S. The van der Waals surface area contributed by atoms with Crippen molar-refractivity contribution in [2.75, 3.05) is 18.0 Å². The summed E-state index contributed by atoms with van der Waals surface area (Å²) in [5, 5.41) is 3.13. The Morgan fingerprint density at radius 2 is 2.19 bits per heavy atom. The second-order valence-corrected chi connectivity index (χ2v) is 8.19. The number of nitrogens with zero attached hydrogens (tertiary/aromatic N) is 5. The Hall–Kier alpha value is -2.61. The molecule has 0 radical (unpaired) electrons. The van der Waals surface area contributed by atoms with Gasteiger partial charge < -0.3 is 15.6 Å². The molecule has 3 heterocycles. The van der Waals surface area contributed by atoms with Gasteiger partial charge in [0.2, 0.25) is 5.95 Å². The van der Waals surface area contributed by atoms with Crippen LogP contribution in [0.5, 0.6) is 0 Å². The van der Waals surface area contributed by atoms with Gasteiger partial charge in [0.15, 0.2) is 5.65 Å². The first-order valence-electron chi connectivity index (χ1n) is 9.18. The van der Waals surface area contributed by atoms with Crippen molar-refractivity contribution in [3.8, 4) is 0 Å². The molecule has 138 valence electrons. The lowest BCUT2D eigenvalue weighted by Crippen LogP contribution is -2.44. The second kappa shape index (κ2) is 6.53. The number of imidazole rings is 1. The van der Waals surface area contributed by atoms with Crippen LogP contribution in [0.15, 0.2) is 34.5 Å². The molecule has 5 rings (SSSR count). The maximum absolute atomic E-state index is 5.84. The van der Waals surface area contributed by atoms with Crippen LogP contribution in [0.2, 0.25) is 0 Å². The summed E-state index contributed by atoms with van der Waals surface area (Å²) in [6.07, 6.45) is 6.64. The Balaban J connectivity index is 1.46. The molecule has 27 heavy (non-hydrogen) atoms. The van der Waals surface area contributed by atoms with Crippen LogP contribution < -0.4 is 16.3 Å². The van der Waals surface area contributed by atoms with Gasteiger partial charge in [-0.2, -0.15) is 4.98 Å². The number of thioether (sulfide) groups is 1. The average molecular weight is 379 g/mol. The van der Waals surface area contributed by atoms with Gasteiger partial charge in [-0.3, -0.25) is 4.99 Å². The first-order chi connectivity index (χ1) is 13.2. The fourth-order valence-corrected chi connectivity index (χ4v) is 4.44. The van der Waals surface area contributed by atoms with E-state index in [9.17, 15) is 0 Å². The van der Waals surface area contributed by atoms with Crippen molar-refractivity contribution in [2.45, 2.75) is 31.0 Å². The fourth-order valence-electron chi connectivity index (χ4n) is 3.42. The summed E-state index contributed by atoms with van der Waals surface area (Å²) < 4.78 is 0. The van der Waals surface area contributed by atoms with Crippen molar-refractivity contribution in [1.29, 1.82) is 0 Å². The molecule has 0 bridgehead atoms. The van der Waals surface area contributed by atoms with Crippen molar-refractivity contribution >= 4 is 35.1 Å². The van der Waals surface area contributed by atoms with Gasteiger partial charge in [0.25, 0.3) is 0 Å². The third-order valence-electron chi connectivity index (χ3n) is 5.07. The summed E-state index contributed by atoms with van der Waals surface area (Å²) >= 11 is 1.65. The summed E-state index contributed by atoms with van der Waals surface area (Å²) in [5.74, 6) is 1.84. The third-order valence-corrected chi connectivity index (χ3v) is 6.11. The van der Waals surface area contributed by atoms with Crippen LogP contribution in [0.3, 0.4) is 0 Å². The highest BCUT2D eigenvalue weighted by Gasteiger charge is 2.28. The first-order valence-corrected chi connectivity index (χ1v) is 10.2. The van der Waals surface area contributed by atoms with Gasteiger partial charge >= 0.3 is 0 Å². The van der Waals surface area contributed by atoms with Crippen LogP contribution in [0, 0.1) is 12.8 Å². The van der Waals surface area contributed by atoms with Crippen molar-refractivity contribution in [3.05, 3.63) is 40.7 Å². The topological polar surface area (TPSA) is 96.1 Å². The number of hydrogen-bond donors (Lipinski definition) is 2. The van der Waals surface area contributed by atoms with E-state index in [0.29, 0.717) is 5.65 Å². The third kappa shape index (κ3) is 3.25. The average Bonchev–Trinajstić information content (AvgIpc) is 3.34. The molecule has 3 aromatic rings. The zero-order valence-electron chi connectivity index (χ0n) is 15.1. The summed E-state index contributed by atoms with van der Waals surface area (Å²) in [4.78, 5) is 23.3. The van der Waals surface area contributed by atoms with Gasteiger partial charge in [-0.05, 0) is 37.3 Å². The first kappa shape index (κ1) is 16.6. The molecule has 1 unspecified atom stereocenters. The van der Waals surface area contributed by atoms with E-state index in [2.05, 4.69) is 56.2 Å². The number of aromatic nitrogens is 4. The van der Waals surface area contributed by atoms with Crippen molar-refractivity contribution in [1.82, 2.24) is 24.8 Å². The van der Waals surface area contributed by atoms with E-state index in [-0.39, 0.29) is 12.1 Å². The fraction of sp³-hybridized carbons (Fsp3) is 0.368. The summed E-state index contributed by atoms with van der Waals surface area (Å²) in [5.41, 5.74) is 8.55. The van der Waals surface area contributed by atoms with E-state index in [4.69, 9.17) is 10.7 Å². The van der Waals surface area contributed by atoms with Crippen LogP contribution in [0.25, 0.3) is 17.4 Å². The molecule has 2 aromatic heterocycles. The zero-order valence-corrected chi connectivity index (χ0v) is 15.9. The molecular weight excluding hydrogens is 358 g/mol. The SMILES string of the molecule is Cc1cccc2c1=CN(CC1CC1)C(CSc1nc(N)nc3nc[nH]c13)N=2. The van der Waals surface area contributed by atoms with Gasteiger partial charge in [0.1, 0.15) is 16.7 Å². The highest BCUT2D eigenvalue weighted by molar-refractivity contribution is 7.99. The van der Waals surface area contributed by atoms with Crippen LogP contribution in [-0.2, 0) is 0 Å². The number of fused-ring (bicyclic) bond motifs is 2. The monoisotopic (exact) mass is 379 g/mol. The number of nitrogens with two attached hydrogens (primary N) is 1. The summed E-state index contributed by atoms with van der Waals surface area (Å²) in [6, 6.07) is 6.32. The molecule has 2 aliphatic rings. The Morgan fingerprint density at radius 1 is 1.30 bits per heavy atom. The minimum Gasteiger partial charge on any atom is -0.368 e. The number of aryl methyl sites for hydroxylation is 1. The van der Waals surface area contributed by atoms with Gasteiger partial charge in [-0.15, -0.1) is 0 Å². The minimum absolute atomic E-state index is 0.0825.